The van der Waals surface area contributed by atoms with Crippen LogP contribution in [0.3, 0.4) is 0 Å². The molecule has 3 aromatic rings. The van der Waals surface area contributed by atoms with Gasteiger partial charge in [0.05, 0.1) is 30.4 Å². The Morgan fingerprint density at radius 2 is 1.19 bits per heavy atom. The lowest BCUT2D eigenvalue weighted by Crippen LogP contribution is -2.31. The molecule has 1 heterocycles. The SMILES string of the molecule is CC.COC(=O)c1ccc(CN2C(=O)C(c3ccc(F)cc3F)=C(c3ccc(F)cc3F)C2=O)cc1. The molecule has 0 radical (unpaired) electrons. The molecule has 0 N–H and O–H groups in total. The fourth-order valence-corrected chi connectivity index (χ4v) is 3.65. The zero-order valence-corrected chi connectivity index (χ0v) is 19.6. The molecule has 0 atom stereocenters. The van der Waals surface area contributed by atoms with Gasteiger partial charge in [0.25, 0.3) is 11.8 Å². The summed E-state index contributed by atoms with van der Waals surface area (Å²) < 4.78 is 60.8. The van der Waals surface area contributed by atoms with Gasteiger partial charge in [0, 0.05) is 23.3 Å². The van der Waals surface area contributed by atoms with Crippen LogP contribution in [0.15, 0.2) is 60.7 Å². The molecular weight excluding hydrogens is 478 g/mol. The number of methoxy groups -OCH3 is 1. The van der Waals surface area contributed by atoms with E-state index in [1.807, 2.05) is 13.8 Å². The lowest BCUT2D eigenvalue weighted by Gasteiger charge is -2.16. The minimum absolute atomic E-state index is 0.242. The summed E-state index contributed by atoms with van der Waals surface area (Å²) in [6.45, 7) is 3.72. The predicted molar refractivity (Wildman–Crippen MR) is 124 cm³/mol. The van der Waals surface area contributed by atoms with Crippen molar-refractivity contribution < 1.29 is 36.7 Å². The first-order valence-corrected chi connectivity index (χ1v) is 10.9. The highest BCUT2D eigenvalue weighted by atomic mass is 19.1. The summed E-state index contributed by atoms with van der Waals surface area (Å²) in [6, 6.07) is 10.7. The molecule has 1 aliphatic rings. The number of imide groups is 1. The number of halogens is 4. The van der Waals surface area contributed by atoms with Gasteiger partial charge in [-0.3, -0.25) is 14.5 Å². The molecule has 0 aromatic heterocycles. The average molecular weight is 499 g/mol. The van der Waals surface area contributed by atoms with Crippen LogP contribution in [0.5, 0.6) is 0 Å². The monoisotopic (exact) mass is 499 g/mol. The Labute approximate surface area is 204 Å². The lowest BCUT2D eigenvalue weighted by atomic mass is 9.95. The van der Waals surface area contributed by atoms with Crippen LogP contribution in [-0.4, -0.2) is 29.8 Å². The van der Waals surface area contributed by atoms with Crippen molar-refractivity contribution in [2.45, 2.75) is 20.4 Å². The van der Waals surface area contributed by atoms with Gasteiger partial charge in [0.15, 0.2) is 0 Å². The largest absolute Gasteiger partial charge is 0.465 e. The molecule has 0 aliphatic carbocycles. The molecule has 0 spiro atoms. The number of nitrogens with zero attached hydrogens (tertiary/aromatic N) is 1. The van der Waals surface area contributed by atoms with E-state index in [9.17, 15) is 31.9 Å². The number of ether oxygens (including phenoxy) is 1. The summed E-state index contributed by atoms with van der Waals surface area (Å²) in [4.78, 5) is 38.9. The summed E-state index contributed by atoms with van der Waals surface area (Å²) in [5, 5.41) is 0. The van der Waals surface area contributed by atoms with E-state index >= 15 is 0 Å². The molecule has 0 saturated heterocycles. The van der Waals surface area contributed by atoms with E-state index in [0.717, 1.165) is 29.2 Å². The number of amides is 2. The smallest absolute Gasteiger partial charge is 0.337 e. The third kappa shape index (κ3) is 5.05. The van der Waals surface area contributed by atoms with Gasteiger partial charge in [0.2, 0.25) is 0 Å². The van der Waals surface area contributed by atoms with Gasteiger partial charge in [-0.05, 0) is 42.0 Å². The van der Waals surface area contributed by atoms with Crippen molar-refractivity contribution >= 4 is 28.9 Å². The molecule has 2 amide bonds. The number of carbonyl (C=O) groups is 3. The molecule has 0 fully saturated rings. The molecule has 0 unspecified atom stereocenters. The Hall–Kier alpha value is -4.27. The maximum absolute atomic E-state index is 14.6. The number of hydrogen-bond acceptors (Lipinski definition) is 4. The van der Waals surface area contributed by atoms with Crippen molar-refractivity contribution in [3.05, 3.63) is 106 Å². The van der Waals surface area contributed by atoms with E-state index in [0.29, 0.717) is 17.7 Å². The van der Waals surface area contributed by atoms with Crippen molar-refractivity contribution in [2.75, 3.05) is 7.11 Å². The maximum Gasteiger partial charge on any atom is 0.337 e. The number of benzene rings is 3. The Kier molecular flexibility index (Phi) is 8.03. The van der Waals surface area contributed by atoms with Gasteiger partial charge in [-0.15, -0.1) is 0 Å². The Bertz CT molecular complexity index is 1290. The number of esters is 1. The molecule has 9 heteroatoms. The van der Waals surface area contributed by atoms with Crippen molar-refractivity contribution in [3.8, 4) is 0 Å². The van der Waals surface area contributed by atoms with Crippen LogP contribution in [0.2, 0.25) is 0 Å². The third-order valence-electron chi connectivity index (χ3n) is 5.28. The quantitative estimate of drug-likeness (QED) is 0.263. The van der Waals surface area contributed by atoms with E-state index in [1.165, 1.54) is 31.4 Å². The van der Waals surface area contributed by atoms with E-state index in [1.54, 1.807) is 0 Å². The van der Waals surface area contributed by atoms with Gasteiger partial charge in [-0.25, -0.2) is 22.4 Å². The maximum atomic E-state index is 14.6. The Balaban J connectivity index is 0.00000176. The van der Waals surface area contributed by atoms with Gasteiger partial charge in [-0.2, -0.15) is 0 Å². The number of hydrogen-bond donors (Lipinski definition) is 0. The minimum Gasteiger partial charge on any atom is -0.465 e. The summed E-state index contributed by atoms with van der Waals surface area (Å²) in [5.41, 5.74) is -1.07. The van der Waals surface area contributed by atoms with Crippen LogP contribution >= 0.6 is 0 Å². The highest BCUT2D eigenvalue weighted by Gasteiger charge is 2.41. The summed E-state index contributed by atoms with van der Waals surface area (Å²) in [6.07, 6.45) is 0. The second-order valence-electron chi connectivity index (χ2n) is 7.38. The average Bonchev–Trinajstić information content (AvgIpc) is 3.10. The van der Waals surface area contributed by atoms with E-state index in [4.69, 9.17) is 0 Å². The fraction of sp³-hybridized carbons (Fsp3) is 0.148. The molecule has 5 nitrogen and oxygen atoms in total. The highest BCUT2D eigenvalue weighted by Crippen LogP contribution is 2.38. The zero-order chi connectivity index (χ0) is 26.6. The van der Waals surface area contributed by atoms with Crippen LogP contribution < -0.4 is 0 Å². The van der Waals surface area contributed by atoms with Crippen molar-refractivity contribution in [2.24, 2.45) is 0 Å². The van der Waals surface area contributed by atoms with Crippen molar-refractivity contribution in [3.63, 3.8) is 0 Å². The van der Waals surface area contributed by atoms with Crippen LogP contribution in [-0.2, 0) is 20.9 Å². The highest BCUT2D eigenvalue weighted by molar-refractivity contribution is 6.49. The summed E-state index contributed by atoms with van der Waals surface area (Å²) in [5.74, 6) is -6.52. The van der Waals surface area contributed by atoms with Crippen molar-refractivity contribution in [1.29, 1.82) is 0 Å². The minimum atomic E-state index is -1.12. The third-order valence-corrected chi connectivity index (χ3v) is 5.28. The molecule has 186 valence electrons. The molecule has 1 aliphatic heterocycles. The molecule has 0 saturated carbocycles. The van der Waals surface area contributed by atoms with Gasteiger partial charge in [0.1, 0.15) is 23.3 Å². The normalized spacial score (nSPS) is 13.0. The zero-order valence-electron chi connectivity index (χ0n) is 19.6. The molecule has 3 aromatic carbocycles. The Morgan fingerprint density at radius 3 is 1.58 bits per heavy atom. The summed E-state index contributed by atoms with van der Waals surface area (Å²) >= 11 is 0. The standard InChI is InChI=1S/C25H15F4NO4.C2H6/c1-34-25(33)14-4-2-13(3-5-14)12-30-23(31)21(17-8-6-15(26)10-19(17)28)22(24(30)32)18-9-7-16(27)11-20(18)29;1-2/h2-11H,12H2,1H3;1-2H3. The summed E-state index contributed by atoms with van der Waals surface area (Å²) in [7, 11) is 1.22. The topological polar surface area (TPSA) is 63.7 Å². The first kappa shape index (κ1) is 26.3. The number of carbonyl (C=O) groups excluding carboxylic acids is 3. The van der Waals surface area contributed by atoms with Crippen LogP contribution in [0.25, 0.3) is 11.1 Å². The van der Waals surface area contributed by atoms with E-state index < -0.39 is 63.3 Å². The van der Waals surface area contributed by atoms with Crippen molar-refractivity contribution in [1.82, 2.24) is 4.90 Å². The van der Waals surface area contributed by atoms with E-state index in [2.05, 4.69) is 4.74 Å². The van der Waals surface area contributed by atoms with E-state index in [-0.39, 0.29) is 12.1 Å². The predicted octanol–water partition coefficient (Wildman–Crippen LogP) is 5.54. The van der Waals surface area contributed by atoms with Crippen LogP contribution in [0.1, 0.15) is 40.9 Å². The second-order valence-corrected chi connectivity index (χ2v) is 7.38. The van der Waals surface area contributed by atoms with Gasteiger partial charge < -0.3 is 4.74 Å². The Morgan fingerprint density at radius 1 is 0.750 bits per heavy atom. The first-order valence-electron chi connectivity index (χ1n) is 10.9. The van der Waals surface area contributed by atoms with Gasteiger partial charge in [-0.1, -0.05) is 26.0 Å². The van der Waals surface area contributed by atoms with Crippen LogP contribution in [0, 0.1) is 23.3 Å². The molecule has 0 bridgehead atoms. The molecule has 36 heavy (non-hydrogen) atoms. The second kappa shape index (κ2) is 11.0. The fourth-order valence-electron chi connectivity index (χ4n) is 3.65. The molecule has 4 rings (SSSR count). The molecular formula is C27H21F4NO4. The first-order chi connectivity index (χ1) is 17.2. The lowest BCUT2D eigenvalue weighted by molar-refractivity contribution is -0.136. The number of rotatable bonds is 5. The van der Waals surface area contributed by atoms with Gasteiger partial charge >= 0.3 is 5.97 Å². The van der Waals surface area contributed by atoms with Crippen LogP contribution in [0.4, 0.5) is 17.6 Å².